The summed E-state index contributed by atoms with van der Waals surface area (Å²) in [6.07, 6.45) is 2.88. The highest BCUT2D eigenvalue weighted by atomic mass is 32.2. The second-order valence-corrected chi connectivity index (χ2v) is 10.8. The number of aliphatic hydroxyl groups is 2. The SMILES string of the molecule is O=C(Nc1ccc(CO)cc1)Nc1ccc(S(=O)(=O)N2CCC[C@@H]2CN2CCC(O)CC2)cc1. The third kappa shape index (κ3) is 5.94. The van der Waals surface area contributed by atoms with Gasteiger partial charge in [0.2, 0.25) is 10.0 Å². The van der Waals surface area contributed by atoms with Crippen LogP contribution in [0.1, 0.15) is 31.2 Å². The summed E-state index contributed by atoms with van der Waals surface area (Å²) in [7, 11) is -3.64. The monoisotopic (exact) mass is 488 g/mol. The number of rotatable bonds is 7. The van der Waals surface area contributed by atoms with Crippen molar-refractivity contribution in [3.05, 3.63) is 54.1 Å². The molecule has 0 saturated carbocycles. The molecule has 2 saturated heterocycles. The molecule has 0 spiro atoms. The van der Waals surface area contributed by atoms with E-state index in [1.807, 2.05) is 0 Å². The van der Waals surface area contributed by atoms with Crippen LogP contribution in [0.3, 0.4) is 0 Å². The molecule has 4 N–H and O–H groups in total. The van der Waals surface area contributed by atoms with E-state index in [9.17, 15) is 18.3 Å². The van der Waals surface area contributed by atoms with E-state index in [4.69, 9.17) is 5.11 Å². The Balaban J connectivity index is 1.36. The van der Waals surface area contributed by atoms with Crippen LogP contribution in [0.5, 0.6) is 0 Å². The third-order valence-electron chi connectivity index (χ3n) is 6.46. The molecule has 184 valence electrons. The zero-order chi connectivity index (χ0) is 24.1. The maximum atomic E-state index is 13.3. The molecule has 0 bridgehead atoms. The van der Waals surface area contributed by atoms with Gasteiger partial charge in [0.05, 0.1) is 17.6 Å². The number of urea groups is 1. The number of carbonyl (C=O) groups is 1. The van der Waals surface area contributed by atoms with Gasteiger partial charge >= 0.3 is 6.03 Å². The quantitative estimate of drug-likeness (QED) is 0.475. The van der Waals surface area contributed by atoms with Gasteiger partial charge < -0.3 is 25.7 Å². The molecule has 2 aromatic rings. The van der Waals surface area contributed by atoms with Gasteiger partial charge in [-0.2, -0.15) is 4.31 Å². The Bertz CT molecular complexity index is 1070. The summed E-state index contributed by atoms with van der Waals surface area (Å²) in [5.41, 5.74) is 1.81. The minimum Gasteiger partial charge on any atom is -0.393 e. The van der Waals surface area contributed by atoms with Crippen molar-refractivity contribution in [2.24, 2.45) is 0 Å². The molecule has 2 amide bonds. The van der Waals surface area contributed by atoms with Gasteiger partial charge in [-0.1, -0.05) is 12.1 Å². The smallest absolute Gasteiger partial charge is 0.323 e. The van der Waals surface area contributed by atoms with Crippen molar-refractivity contribution in [3.63, 3.8) is 0 Å². The van der Waals surface area contributed by atoms with Crippen LogP contribution in [0.4, 0.5) is 16.2 Å². The van der Waals surface area contributed by atoms with Crippen LogP contribution in [-0.4, -0.2) is 72.2 Å². The second kappa shape index (κ2) is 10.8. The van der Waals surface area contributed by atoms with E-state index >= 15 is 0 Å². The molecule has 0 radical (unpaired) electrons. The molecule has 4 rings (SSSR count). The molecular formula is C24H32N4O5S. The Morgan fingerprint density at radius 2 is 1.50 bits per heavy atom. The van der Waals surface area contributed by atoms with Crippen LogP contribution in [0, 0.1) is 0 Å². The first-order valence-electron chi connectivity index (χ1n) is 11.7. The third-order valence-corrected chi connectivity index (χ3v) is 8.43. The van der Waals surface area contributed by atoms with Crippen molar-refractivity contribution in [2.75, 3.05) is 36.8 Å². The summed E-state index contributed by atoms with van der Waals surface area (Å²) in [6.45, 7) is 2.70. The lowest BCUT2D eigenvalue weighted by Gasteiger charge is -2.34. The molecule has 1 atom stereocenters. The van der Waals surface area contributed by atoms with Crippen molar-refractivity contribution >= 4 is 27.4 Å². The lowest BCUT2D eigenvalue weighted by atomic mass is 10.1. The van der Waals surface area contributed by atoms with Crippen molar-refractivity contribution in [3.8, 4) is 0 Å². The Kier molecular flexibility index (Phi) is 7.84. The van der Waals surface area contributed by atoms with E-state index in [1.54, 1.807) is 40.7 Å². The minimum absolute atomic E-state index is 0.0672. The predicted molar refractivity (Wildman–Crippen MR) is 130 cm³/mol. The largest absolute Gasteiger partial charge is 0.393 e. The Morgan fingerprint density at radius 1 is 0.912 bits per heavy atom. The highest BCUT2D eigenvalue weighted by Gasteiger charge is 2.36. The van der Waals surface area contributed by atoms with E-state index in [-0.39, 0.29) is 23.6 Å². The molecule has 2 heterocycles. The van der Waals surface area contributed by atoms with Crippen molar-refractivity contribution < 1.29 is 23.4 Å². The highest BCUT2D eigenvalue weighted by molar-refractivity contribution is 7.89. The molecule has 10 heteroatoms. The van der Waals surface area contributed by atoms with Gasteiger partial charge in [-0.25, -0.2) is 13.2 Å². The number of sulfonamides is 1. The standard InChI is InChI=1S/C24H32N4O5S/c29-17-18-3-5-19(6-4-18)25-24(31)26-20-7-9-23(10-8-20)34(32,33)28-13-1-2-21(28)16-27-14-11-22(30)12-15-27/h3-10,21-22,29-30H,1-2,11-17H2,(H2,25,26,31)/t21-/m1/s1. The number of aliphatic hydroxyl groups excluding tert-OH is 2. The van der Waals surface area contributed by atoms with E-state index in [1.165, 1.54) is 12.1 Å². The van der Waals surface area contributed by atoms with E-state index in [0.29, 0.717) is 24.5 Å². The molecular weight excluding hydrogens is 456 g/mol. The first-order valence-corrected chi connectivity index (χ1v) is 13.1. The number of piperidine rings is 1. The Hall–Kier alpha value is -2.50. The van der Waals surface area contributed by atoms with Crippen LogP contribution in [0.25, 0.3) is 0 Å². The maximum absolute atomic E-state index is 13.3. The number of benzene rings is 2. The van der Waals surface area contributed by atoms with Gasteiger partial charge in [0.25, 0.3) is 0 Å². The summed E-state index contributed by atoms with van der Waals surface area (Å²) >= 11 is 0. The molecule has 0 aliphatic carbocycles. The molecule has 34 heavy (non-hydrogen) atoms. The fraction of sp³-hybridized carbons (Fsp3) is 0.458. The number of anilines is 2. The van der Waals surface area contributed by atoms with Crippen molar-refractivity contribution in [1.82, 2.24) is 9.21 Å². The van der Waals surface area contributed by atoms with Crippen LogP contribution in [-0.2, 0) is 16.6 Å². The molecule has 0 unspecified atom stereocenters. The van der Waals surface area contributed by atoms with Gasteiger partial charge in [-0.15, -0.1) is 0 Å². The van der Waals surface area contributed by atoms with Gasteiger partial charge in [-0.3, -0.25) is 0 Å². The Morgan fingerprint density at radius 3 is 2.09 bits per heavy atom. The van der Waals surface area contributed by atoms with Gasteiger partial charge in [0.15, 0.2) is 0 Å². The maximum Gasteiger partial charge on any atom is 0.323 e. The highest BCUT2D eigenvalue weighted by Crippen LogP contribution is 2.28. The van der Waals surface area contributed by atoms with E-state index < -0.39 is 16.1 Å². The number of hydrogen-bond acceptors (Lipinski definition) is 6. The van der Waals surface area contributed by atoms with Gasteiger partial charge in [0.1, 0.15) is 0 Å². The van der Waals surface area contributed by atoms with Gasteiger partial charge in [-0.05, 0) is 67.6 Å². The molecule has 2 fully saturated rings. The number of nitrogens with zero attached hydrogens (tertiary/aromatic N) is 2. The molecule has 2 aromatic carbocycles. The normalized spacial score (nSPS) is 20.4. The van der Waals surface area contributed by atoms with E-state index in [2.05, 4.69) is 15.5 Å². The second-order valence-electron chi connectivity index (χ2n) is 8.90. The van der Waals surface area contributed by atoms with Crippen LogP contribution in [0.2, 0.25) is 0 Å². The van der Waals surface area contributed by atoms with Crippen LogP contribution in [0.15, 0.2) is 53.4 Å². The lowest BCUT2D eigenvalue weighted by Crippen LogP contribution is -2.46. The number of hydrogen-bond donors (Lipinski definition) is 4. The fourth-order valence-corrected chi connectivity index (χ4v) is 6.23. The van der Waals surface area contributed by atoms with E-state index in [0.717, 1.165) is 44.3 Å². The average molecular weight is 489 g/mol. The van der Waals surface area contributed by atoms with Gasteiger partial charge in [0, 0.05) is 43.6 Å². The number of likely N-dealkylation sites (tertiary alicyclic amines) is 1. The average Bonchev–Trinajstić information content (AvgIpc) is 3.30. The first kappa shape index (κ1) is 24.6. The van der Waals surface area contributed by atoms with Crippen molar-refractivity contribution in [2.45, 2.75) is 49.3 Å². The summed E-state index contributed by atoms with van der Waals surface area (Å²) in [4.78, 5) is 14.7. The summed E-state index contributed by atoms with van der Waals surface area (Å²) in [5.74, 6) is 0. The zero-order valence-electron chi connectivity index (χ0n) is 19.1. The van der Waals surface area contributed by atoms with Crippen molar-refractivity contribution in [1.29, 1.82) is 0 Å². The van der Waals surface area contributed by atoms with Crippen LogP contribution < -0.4 is 10.6 Å². The minimum atomic E-state index is -3.64. The molecule has 0 aromatic heterocycles. The summed E-state index contributed by atoms with van der Waals surface area (Å²) < 4.78 is 28.2. The molecule has 2 aliphatic rings. The molecule has 2 aliphatic heterocycles. The van der Waals surface area contributed by atoms with Crippen LogP contribution >= 0.6 is 0 Å². The predicted octanol–water partition coefficient (Wildman–Crippen LogP) is 2.43. The fourth-order valence-electron chi connectivity index (χ4n) is 4.54. The summed E-state index contributed by atoms with van der Waals surface area (Å²) in [5, 5.41) is 24.2. The molecule has 9 nitrogen and oxygen atoms in total. The number of carbonyl (C=O) groups excluding carboxylic acids is 1. The zero-order valence-corrected chi connectivity index (χ0v) is 19.9. The lowest BCUT2D eigenvalue weighted by molar-refractivity contribution is 0.0748. The Labute approximate surface area is 200 Å². The topological polar surface area (TPSA) is 122 Å². The number of nitrogens with one attached hydrogen (secondary N) is 2. The number of amides is 2. The first-order chi connectivity index (χ1) is 16.3. The summed E-state index contributed by atoms with van der Waals surface area (Å²) in [6, 6.07) is 12.5.